The minimum atomic E-state index is -0.941. The zero-order chi connectivity index (χ0) is 10.2. The van der Waals surface area contributed by atoms with Gasteiger partial charge in [-0.1, -0.05) is 0 Å². The van der Waals surface area contributed by atoms with Crippen LogP contribution < -0.4 is 0 Å². The Morgan fingerprint density at radius 2 is 1.77 bits per heavy atom. The molecule has 0 rings (SSSR count). The quantitative estimate of drug-likeness (QED) is 0.383. The minimum absolute atomic E-state index is 0.553. The number of ether oxygens (including phenoxy) is 2. The fourth-order valence-electron chi connectivity index (χ4n) is 1.03. The van der Waals surface area contributed by atoms with Crippen LogP contribution in [-0.2, 0) is 13.9 Å². The third-order valence-corrected chi connectivity index (χ3v) is 2.15. The highest BCUT2D eigenvalue weighted by molar-refractivity contribution is 7.80. The second kappa shape index (κ2) is 7.81. The van der Waals surface area contributed by atoms with Gasteiger partial charge in [-0.15, -0.1) is 0 Å². The summed E-state index contributed by atoms with van der Waals surface area (Å²) in [6, 6.07) is 0. The molecule has 77 valence electrons. The van der Waals surface area contributed by atoms with E-state index in [4.69, 9.17) is 13.9 Å². The standard InChI is InChI=1S/C8H17O3SSi/c1-3-9-8(11-13,10-4-2)6-5-7-12/h12H,3-7H2,1-2H3. The maximum Gasteiger partial charge on any atom is 0.272 e. The lowest BCUT2D eigenvalue weighted by Gasteiger charge is -2.31. The molecule has 3 nitrogen and oxygen atoms in total. The first-order chi connectivity index (χ1) is 6.24. The number of hydrogen-bond donors (Lipinski definition) is 1. The zero-order valence-electron chi connectivity index (χ0n) is 8.21. The van der Waals surface area contributed by atoms with E-state index in [1.807, 2.05) is 13.8 Å². The van der Waals surface area contributed by atoms with Gasteiger partial charge < -0.3 is 13.9 Å². The van der Waals surface area contributed by atoms with Gasteiger partial charge in [0.25, 0.3) is 16.5 Å². The van der Waals surface area contributed by atoms with Gasteiger partial charge in [0.1, 0.15) is 0 Å². The highest BCUT2D eigenvalue weighted by atomic mass is 32.1. The summed E-state index contributed by atoms with van der Waals surface area (Å²) in [6.07, 6.45) is 1.55. The van der Waals surface area contributed by atoms with Crippen LogP contribution in [-0.4, -0.2) is 35.4 Å². The molecular formula is C8H17O3SSi. The summed E-state index contributed by atoms with van der Waals surface area (Å²) in [7, 11) is 2.98. The van der Waals surface area contributed by atoms with Crippen molar-refractivity contribution < 1.29 is 13.9 Å². The Balaban J connectivity index is 4.07. The molecule has 0 spiro atoms. The predicted molar refractivity (Wildman–Crippen MR) is 55.9 cm³/mol. The first-order valence-electron chi connectivity index (χ1n) is 4.48. The predicted octanol–water partition coefficient (Wildman–Crippen LogP) is 1.52. The van der Waals surface area contributed by atoms with Crippen LogP contribution in [0.1, 0.15) is 26.7 Å². The Kier molecular flexibility index (Phi) is 8.08. The van der Waals surface area contributed by atoms with Gasteiger partial charge in [-0.25, -0.2) is 0 Å². The summed E-state index contributed by atoms with van der Waals surface area (Å²) < 4.78 is 15.8. The Hall–Kier alpha value is 0.447. The molecular weight excluding hydrogens is 204 g/mol. The number of thiol groups is 1. The molecule has 0 aliphatic rings. The second-order valence-electron chi connectivity index (χ2n) is 2.48. The molecule has 0 amide bonds. The Morgan fingerprint density at radius 1 is 1.23 bits per heavy atom. The number of rotatable bonds is 8. The molecule has 0 aromatic rings. The van der Waals surface area contributed by atoms with E-state index in [1.165, 1.54) is 0 Å². The third-order valence-electron chi connectivity index (χ3n) is 1.53. The lowest BCUT2D eigenvalue weighted by molar-refractivity contribution is -0.343. The van der Waals surface area contributed by atoms with Crippen molar-refractivity contribution in [1.82, 2.24) is 0 Å². The van der Waals surface area contributed by atoms with Gasteiger partial charge in [-0.3, -0.25) is 0 Å². The van der Waals surface area contributed by atoms with E-state index in [-0.39, 0.29) is 0 Å². The van der Waals surface area contributed by atoms with Gasteiger partial charge in [-0.2, -0.15) is 12.6 Å². The minimum Gasteiger partial charge on any atom is -0.371 e. The smallest absolute Gasteiger partial charge is 0.272 e. The summed E-state index contributed by atoms with van der Waals surface area (Å²) in [5.74, 6) is -0.152. The second-order valence-corrected chi connectivity index (χ2v) is 3.13. The van der Waals surface area contributed by atoms with Crippen molar-refractivity contribution in [3.8, 4) is 0 Å². The van der Waals surface area contributed by atoms with Gasteiger partial charge in [0.2, 0.25) is 0 Å². The molecule has 13 heavy (non-hydrogen) atoms. The molecule has 5 heteroatoms. The molecule has 0 N–H and O–H groups in total. The van der Waals surface area contributed by atoms with Gasteiger partial charge in [0.15, 0.2) is 0 Å². The van der Waals surface area contributed by atoms with Crippen molar-refractivity contribution in [3.05, 3.63) is 0 Å². The van der Waals surface area contributed by atoms with Gasteiger partial charge in [0.05, 0.1) is 0 Å². The molecule has 0 atom stereocenters. The van der Waals surface area contributed by atoms with Crippen LogP contribution in [0, 0.1) is 0 Å². The highest BCUT2D eigenvalue weighted by Gasteiger charge is 2.29. The van der Waals surface area contributed by atoms with Crippen molar-refractivity contribution in [2.75, 3.05) is 19.0 Å². The SMILES string of the molecule is CCOC(CCCS)(O[Si])OCC. The molecule has 0 aromatic heterocycles. The highest BCUT2D eigenvalue weighted by Crippen LogP contribution is 2.20. The molecule has 0 aromatic carbocycles. The van der Waals surface area contributed by atoms with Crippen LogP contribution >= 0.6 is 12.6 Å². The van der Waals surface area contributed by atoms with Gasteiger partial charge in [0, 0.05) is 19.6 Å². The van der Waals surface area contributed by atoms with Crippen molar-refractivity contribution in [2.45, 2.75) is 32.7 Å². The lowest BCUT2D eigenvalue weighted by Crippen LogP contribution is -2.38. The fourth-order valence-corrected chi connectivity index (χ4v) is 1.41. The van der Waals surface area contributed by atoms with Crippen LogP contribution in [0.3, 0.4) is 0 Å². The molecule has 0 fully saturated rings. The summed E-state index contributed by atoms with van der Waals surface area (Å²) in [5.41, 5.74) is 0. The first kappa shape index (κ1) is 13.4. The van der Waals surface area contributed by atoms with E-state index in [1.54, 1.807) is 0 Å². The first-order valence-corrected chi connectivity index (χ1v) is 5.52. The molecule has 0 aliphatic carbocycles. The average Bonchev–Trinajstić information content (AvgIpc) is 2.15. The fraction of sp³-hybridized carbons (Fsp3) is 1.00. The van der Waals surface area contributed by atoms with E-state index in [0.29, 0.717) is 19.6 Å². The number of hydrogen-bond acceptors (Lipinski definition) is 4. The van der Waals surface area contributed by atoms with Gasteiger partial charge >= 0.3 is 0 Å². The monoisotopic (exact) mass is 221 g/mol. The van der Waals surface area contributed by atoms with Crippen LogP contribution in [0.4, 0.5) is 0 Å². The van der Waals surface area contributed by atoms with Crippen LogP contribution in [0.5, 0.6) is 0 Å². The van der Waals surface area contributed by atoms with E-state index in [9.17, 15) is 0 Å². The zero-order valence-corrected chi connectivity index (χ0v) is 10.1. The van der Waals surface area contributed by atoms with Crippen LogP contribution in [0.15, 0.2) is 0 Å². The molecule has 0 heterocycles. The van der Waals surface area contributed by atoms with E-state index in [2.05, 4.69) is 23.1 Å². The maximum atomic E-state index is 5.39. The van der Waals surface area contributed by atoms with Crippen LogP contribution in [0.25, 0.3) is 0 Å². The Morgan fingerprint density at radius 3 is 2.08 bits per heavy atom. The maximum absolute atomic E-state index is 5.39. The third kappa shape index (κ3) is 5.02. The molecule has 0 aliphatic heterocycles. The Labute approximate surface area is 89.1 Å². The molecule has 0 saturated heterocycles. The normalized spacial score (nSPS) is 12.0. The van der Waals surface area contributed by atoms with Crippen molar-refractivity contribution in [2.24, 2.45) is 0 Å². The molecule has 0 bridgehead atoms. The van der Waals surface area contributed by atoms with Crippen molar-refractivity contribution in [3.63, 3.8) is 0 Å². The van der Waals surface area contributed by atoms with Gasteiger partial charge in [-0.05, 0) is 26.0 Å². The summed E-state index contributed by atoms with van der Waals surface area (Å²) in [4.78, 5) is 0. The lowest BCUT2D eigenvalue weighted by atomic mass is 10.3. The largest absolute Gasteiger partial charge is 0.371 e. The van der Waals surface area contributed by atoms with Crippen molar-refractivity contribution in [1.29, 1.82) is 0 Å². The van der Waals surface area contributed by atoms with Crippen molar-refractivity contribution >= 4 is 23.1 Å². The molecule has 0 saturated carbocycles. The van der Waals surface area contributed by atoms with E-state index >= 15 is 0 Å². The van der Waals surface area contributed by atoms with E-state index < -0.39 is 5.97 Å². The summed E-state index contributed by atoms with van der Waals surface area (Å²) in [6.45, 7) is 4.91. The Bertz CT molecular complexity index is 118. The summed E-state index contributed by atoms with van der Waals surface area (Å²) in [5, 5.41) is 0. The molecule has 0 unspecified atom stereocenters. The average molecular weight is 221 g/mol. The summed E-state index contributed by atoms with van der Waals surface area (Å²) >= 11 is 4.13. The topological polar surface area (TPSA) is 27.7 Å². The van der Waals surface area contributed by atoms with Crippen LogP contribution in [0.2, 0.25) is 0 Å². The molecule has 3 radical (unpaired) electrons. The van der Waals surface area contributed by atoms with E-state index in [0.717, 1.165) is 12.2 Å².